The van der Waals surface area contributed by atoms with E-state index in [1.807, 2.05) is 6.07 Å². The number of para-hydroxylation sites is 1. The van der Waals surface area contributed by atoms with Crippen LogP contribution in [0.25, 0.3) is 22.1 Å². The number of aromatic nitrogens is 3. The smallest absolute Gasteiger partial charge is 0.325 e. The zero-order valence-corrected chi connectivity index (χ0v) is 7.63. The summed E-state index contributed by atoms with van der Waals surface area (Å²) in [7, 11) is 0. The second kappa shape index (κ2) is 2.60. The van der Waals surface area contributed by atoms with Crippen molar-refractivity contribution in [1.29, 1.82) is 0 Å². The molecule has 0 aliphatic heterocycles. The van der Waals surface area contributed by atoms with Crippen molar-refractivity contribution in [3.63, 3.8) is 0 Å². The Bertz CT molecular complexity index is 763. The lowest BCUT2D eigenvalue weighted by molar-refractivity contribution is 1.20. The van der Waals surface area contributed by atoms with Crippen LogP contribution in [-0.4, -0.2) is 15.0 Å². The van der Waals surface area contributed by atoms with E-state index in [0.29, 0.717) is 22.1 Å². The predicted molar refractivity (Wildman–Crippen MR) is 57.0 cm³/mol. The molecule has 0 unspecified atom stereocenters. The molecule has 5 heteroatoms. The first kappa shape index (κ1) is 8.05. The average Bonchev–Trinajstić information content (AvgIpc) is 2.59. The van der Waals surface area contributed by atoms with E-state index in [2.05, 4.69) is 15.0 Å². The highest BCUT2D eigenvalue weighted by molar-refractivity contribution is 5.88. The second-order valence-electron chi connectivity index (χ2n) is 3.33. The van der Waals surface area contributed by atoms with E-state index in [0.717, 1.165) is 0 Å². The predicted octanol–water partition coefficient (Wildman–Crippen LogP) is 0.698. The van der Waals surface area contributed by atoms with E-state index in [1.165, 1.54) is 0 Å². The molecule has 0 radical (unpaired) electrons. The highest BCUT2D eigenvalue weighted by Gasteiger charge is 2.06. The van der Waals surface area contributed by atoms with Gasteiger partial charge in [0.25, 0.3) is 0 Å². The Morgan fingerprint density at radius 3 is 2.60 bits per heavy atom. The SMILES string of the molecule is O=c1[nH]c2[nH]c3ccccc3c(=O)c2[nH]1. The Balaban J connectivity index is 2.71. The van der Waals surface area contributed by atoms with Gasteiger partial charge in [-0.05, 0) is 12.1 Å². The normalized spacial score (nSPS) is 11.2. The fourth-order valence-corrected chi connectivity index (χ4v) is 1.71. The third-order valence-corrected chi connectivity index (χ3v) is 2.39. The van der Waals surface area contributed by atoms with Crippen LogP contribution in [0.3, 0.4) is 0 Å². The molecule has 0 aliphatic carbocycles. The number of H-pyrrole nitrogens is 3. The number of hydrogen-bond acceptors (Lipinski definition) is 2. The monoisotopic (exact) mass is 201 g/mol. The Morgan fingerprint density at radius 1 is 0.933 bits per heavy atom. The maximum atomic E-state index is 11.9. The summed E-state index contributed by atoms with van der Waals surface area (Å²) >= 11 is 0. The molecule has 2 aromatic heterocycles. The molecular weight excluding hydrogens is 194 g/mol. The summed E-state index contributed by atoms with van der Waals surface area (Å²) in [5.41, 5.74) is 0.888. The van der Waals surface area contributed by atoms with Crippen LogP contribution in [0.2, 0.25) is 0 Å². The second-order valence-corrected chi connectivity index (χ2v) is 3.33. The van der Waals surface area contributed by atoms with Gasteiger partial charge in [-0.15, -0.1) is 0 Å². The van der Waals surface area contributed by atoms with E-state index < -0.39 is 0 Å². The molecule has 3 aromatic rings. The Labute approximate surface area is 82.8 Å². The van der Waals surface area contributed by atoms with Gasteiger partial charge in [0, 0.05) is 5.39 Å². The third kappa shape index (κ3) is 1.03. The summed E-state index contributed by atoms with van der Waals surface area (Å²) in [6, 6.07) is 7.13. The van der Waals surface area contributed by atoms with Crippen molar-refractivity contribution in [2.75, 3.05) is 0 Å². The van der Waals surface area contributed by atoms with E-state index in [1.54, 1.807) is 18.2 Å². The number of nitrogens with one attached hydrogen (secondary N) is 3. The highest BCUT2D eigenvalue weighted by atomic mass is 16.1. The van der Waals surface area contributed by atoms with Crippen molar-refractivity contribution in [2.45, 2.75) is 0 Å². The molecule has 5 nitrogen and oxygen atoms in total. The summed E-state index contributed by atoms with van der Waals surface area (Å²) in [6.07, 6.45) is 0. The first-order valence-corrected chi connectivity index (χ1v) is 4.49. The molecule has 2 heterocycles. The van der Waals surface area contributed by atoms with E-state index in [-0.39, 0.29) is 11.1 Å². The summed E-state index contributed by atoms with van der Waals surface area (Å²) in [4.78, 5) is 30.9. The molecule has 1 aromatic carbocycles. The van der Waals surface area contributed by atoms with Crippen LogP contribution in [-0.2, 0) is 0 Å². The number of hydrogen-bond donors (Lipinski definition) is 3. The minimum atomic E-state index is -0.381. The van der Waals surface area contributed by atoms with Crippen LogP contribution in [0, 0.1) is 0 Å². The van der Waals surface area contributed by atoms with Gasteiger partial charge in [-0.1, -0.05) is 12.1 Å². The van der Waals surface area contributed by atoms with E-state index in [4.69, 9.17) is 0 Å². The minimum Gasteiger partial charge on any atom is -0.339 e. The van der Waals surface area contributed by atoms with Gasteiger partial charge < -0.3 is 9.97 Å². The first-order chi connectivity index (χ1) is 7.25. The number of benzene rings is 1. The summed E-state index contributed by atoms with van der Waals surface area (Å²) in [5, 5.41) is 0.570. The quantitative estimate of drug-likeness (QED) is 0.500. The van der Waals surface area contributed by atoms with Crippen molar-refractivity contribution in [3.8, 4) is 0 Å². The van der Waals surface area contributed by atoms with Gasteiger partial charge in [0.15, 0.2) is 0 Å². The lowest BCUT2D eigenvalue weighted by Crippen LogP contribution is -2.05. The number of aromatic amines is 3. The Kier molecular flexibility index (Phi) is 1.39. The molecular formula is C10H7N3O2. The summed E-state index contributed by atoms with van der Waals surface area (Å²) in [6.45, 7) is 0. The summed E-state index contributed by atoms with van der Waals surface area (Å²) < 4.78 is 0. The van der Waals surface area contributed by atoms with Crippen LogP contribution < -0.4 is 11.1 Å². The summed E-state index contributed by atoms with van der Waals surface area (Å²) in [5.74, 6) is 0. The van der Waals surface area contributed by atoms with Crippen molar-refractivity contribution >= 4 is 22.1 Å². The van der Waals surface area contributed by atoms with E-state index >= 15 is 0 Å². The van der Waals surface area contributed by atoms with Gasteiger partial charge >= 0.3 is 5.69 Å². The van der Waals surface area contributed by atoms with Crippen LogP contribution in [0.1, 0.15) is 0 Å². The Morgan fingerprint density at radius 2 is 1.73 bits per heavy atom. The number of fused-ring (bicyclic) bond motifs is 2. The van der Waals surface area contributed by atoms with Crippen molar-refractivity contribution in [3.05, 3.63) is 45.0 Å². The fourth-order valence-electron chi connectivity index (χ4n) is 1.71. The van der Waals surface area contributed by atoms with Gasteiger partial charge in [-0.25, -0.2) is 4.79 Å². The molecule has 0 aliphatic rings. The number of pyridine rings is 1. The Hall–Kier alpha value is -2.30. The van der Waals surface area contributed by atoms with Crippen LogP contribution in [0.4, 0.5) is 0 Å². The van der Waals surface area contributed by atoms with E-state index in [9.17, 15) is 9.59 Å². The zero-order valence-electron chi connectivity index (χ0n) is 7.63. The molecule has 0 saturated heterocycles. The standard InChI is InChI=1S/C10H7N3O2/c14-8-5-3-1-2-4-6(5)11-9-7(8)12-10(15)13-9/h1-4H,(H3,11,12,13,14,15). The average molecular weight is 201 g/mol. The molecule has 0 amide bonds. The minimum absolute atomic E-state index is 0.169. The maximum Gasteiger partial charge on any atom is 0.325 e. The highest BCUT2D eigenvalue weighted by Crippen LogP contribution is 2.09. The molecule has 15 heavy (non-hydrogen) atoms. The molecule has 74 valence electrons. The largest absolute Gasteiger partial charge is 0.339 e. The van der Waals surface area contributed by atoms with Crippen molar-refractivity contribution < 1.29 is 0 Å². The first-order valence-electron chi connectivity index (χ1n) is 4.49. The van der Waals surface area contributed by atoms with Gasteiger partial charge in [0.1, 0.15) is 11.2 Å². The lowest BCUT2D eigenvalue weighted by Gasteiger charge is -1.96. The molecule has 0 saturated carbocycles. The zero-order chi connectivity index (χ0) is 10.4. The number of rotatable bonds is 0. The van der Waals surface area contributed by atoms with Crippen LogP contribution >= 0.6 is 0 Å². The topological polar surface area (TPSA) is 81.5 Å². The van der Waals surface area contributed by atoms with Crippen molar-refractivity contribution in [1.82, 2.24) is 15.0 Å². The fraction of sp³-hybridized carbons (Fsp3) is 0. The van der Waals surface area contributed by atoms with Crippen LogP contribution in [0.15, 0.2) is 33.9 Å². The maximum absolute atomic E-state index is 11.9. The molecule has 3 N–H and O–H groups in total. The van der Waals surface area contributed by atoms with Gasteiger partial charge in [-0.3, -0.25) is 9.78 Å². The molecule has 0 bridgehead atoms. The van der Waals surface area contributed by atoms with Crippen molar-refractivity contribution in [2.24, 2.45) is 0 Å². The molecule has 0 fully saturated rings. The van der Waals surface area contributed by atoms with Gasteiger partial charge in [-0.2, -0.15) is 0 Å². The van der Waals surface area contributed by atoms with Crippen LogP contribution in [0.5, 0.6) is 0 Å². The number of imidazole rings is 1. The van der Waals surface area contributed by atoms with Gasteiger partial charge in [0.05, 0.1) is 5.52 Å². The third-order valence-electron chi connectivity index (χ3n) is 2.39. The molecule has 0 spiro atoms. The molecule has 3 rings (SSSR count). The van der Waals surface area contributed by atoms with Gasteiger partial charge in [0.2, 0.25) is 5.43 Å². The lowest BCUT2D eigenvalue weighted by atomic mass is 10.2. The molecule has 0 atom stereocenters.